The van der Waals surface area contributed by atoms with Gasteiger partial charge in [0.2, 0.25) is 5.91 Å². The number of imidazole rings is 1. The minimum atomic E-state index is -4.00. The number of hydrogen-bond acceptors (Lipinski definition) is 5. The van der Waals surface area contributed by atoms with Crippen LogP contribution in [0.5, 0.6) is 5.75 Å². The predicted molar refractivity (Wildman–Crippen MR) is 134 cm³/mol. The summed E-state index contributed by atoms with van der Waals surface area (Å²) in [4.78, 5) is 17.0. The van der Waals surface area contributed by atoms with Gasteiger partial charge >= 0.3 is 0 Å². The van der Waals surface area contributed by atoms with Crippen LogP contribution in [0.3, 0.4) is 0 Å². The number of ether oxygens (including phenoxy) is 1. The lowest BCUT2D eigenvalue weighted by Gasteiger charge is -2.24. The Kier molecular flexibility index (Phi) is 7.17. The van der Waals surface area contributed by atoms with Gasteiger partial charge in [0.1, 0.15) is 12.3 Å². The van der Waals surface area contributed by atoms with Crippen molar-refractivity contribution >= 4 is 21.6 Å². The first kappa shape index (κ1) is 24.0. The second-order valence-electron chi connectivity index (χ2n) is 7.94. The molecular formula is C26H26N4O4S. The second-order valence-corrected chi connectivity index (χ2v) is 9.80. The van der Waals surface area contributed by atoms with Gasteiger partial charge in [-0.25, -0.2) is 13.4 Å². The van der Waals surface area contributed by atoms with E-state index >= 15 is 0 Å². The normalized spacial score (nSPS) is 11.1. The predicted octanol–water partition coefficient (Wildman–Crippen LogP) is 3.70. The third kappa shape index (κ3) is 5.70. The van der Waals surface area contributed by atoms with Crippen LogP contribution in [0, 0.1) is 6.92 Å². The fourth-order valence-electron chi connectivity index (χ4n) is 3.50. The largest absolute Gasteiger partial charge is 0.497 e. The second kappa shape index (κ2) is 10.4. The number of amides is 1. The molecule has 180 valence electrons. The fraction of sp³-hybridized carbons (Fsp3) is 0.154. The standard InChI is InChI=1S/C26H26N4O4S/c1-20-6-12-25(13-7-20)35(32,33)30(23-4-3-5-24(16-23)34-2)18-26(31)28-17-21-8-10-22(11-9-21)29-15-14-27-19-29/h3-16,19H,17-18H2,1-2H3,(H,28,31). The van der Waals surface area contributed by atoms with Crippen molar-refractivity contribution in [1.82, 2.24) is 14.9 Å². The minimum absolute atomic E-state index is 0.105. The highest BCUT2D eigenvalue weighted by molar-refractivity contribution is 7.92. The Labute approximate surface area is 204 Å². The van der Waals surface area contributed by atoms with E-state index in [4.69, 9.17) is 4.74 Å². The zero-order valence-electron chi connectivity index (χ0n) is 19.5. The van der Waals surface area contributed by atoms with Crippen molar-refractivity contribution in [2.45, 2.75) is 18.4 Å². The lowest BCUT2D eigenvalue weighted by Crippen LogP contribution is -2.40. The Morgan fingerprint density at radius 1 is 1.06 bits per heavy atom. The van der Waals surface area contributed by atoms with Crippen molar-refractivity contribution in [3.8, 4) is 11.4 Å². The van der Waals surface area contributed by atoms with Gasteiger partial charge in [-0.15, -0.1) is 0 Å². The molecule has 1 amide bonds. The van der Waals surface area contributed by atoms with E-state index in [2.05, 4.69) is 10.3 Å². The molecule has 3 aromatic carbocycles. The van der Waals surface area contributed by atoms with Crippen LogP contribution in [0.4, 0.5) is 5.69 Å². The van der Waals surface area contributed by atoms with Crippen LogP contribution in [0.15, 0.2) is 96.4 Å². The van der Waals surface area contributed by atoms with Crippen LogP contribution in [0.25, 0.3) is 5.69 Å². The molecule has 0 unspecified atom stereocenters. The van der Waals surface area contributed by atoms with Gasteiger partial charge in [0.15, 0.2) is 0 Å². The van der Waals surface area contributed by atoms with E-state index in [9.17, 15) is 13.2 Å². The van der Waals surface area contributed by atoms with Gasteiger partial charge in [-0.2, -0.15) is 0 Å². The number of carbonyl (C=O) groups excluding carboxylic acids is 1. The molecular weight excluding hydrogens is 464 g/mol. The number of methoxy groups -OCH3 is 1. The average Bonchev–Trinajstić information content (AvgIpc) is 3.42. The van der Waals surface area contributed by atoms with E-state index in [1.165, 1.54) is 19.2 Å². The van der Waals surface area contributed by atoms with Crippen molar-refractivity contribution in [2.75, 3.05) is 18.0 Å². The number of anilines is 1. The number of rotatable bonds is 9. The number of carbonyl (C=O) groups is 1. The van der Waals surface area contributed by atoms with E-state index < -0.39 is 15.9 Å². The van der Waals surface area contributed by atoms with Gasteiger partial charge in [-0.3, -0.25) is 9.10 Å². The minimum Gasteiger partial charge on any atom is -0.497 e. The number of nitrogens with one attached hydrogen (secondary N) is 1. The van der Waals surface area contributed by atoms with Crippen molar-refractivity contribution < 1.29 is 17.9 Å². The molecule has 9 heteroatoms. The maximum Gasteiger partial charge on any atom is 0.264 e. The summed E-state index contributed by atoms with van der Waals surface area (Å²) in [5.74, 6) is 0.0622. The molecule has 35 heavy (non-hydrogen) atoms. The Bertz CT molecular complexity index is 1380. The molecule has 8 nitrogen and oxygen atoms in total. The maximum absolute atomic E-state index is 13.5. The van der Waals surface area contributed by atoms with E-state index in [1.807, 2.05) is 42.0 Å². The molecule has 0 atom stereocenters. The lowest BCUT2D eigenvalue weighted by molar-refractivity contribution is -0.119. The van der Waals surface area contributed by atoms with E-state index in [0.29, 0.717) is 11.4 Å². The third-order valence-corrected chi connectivity index (χ3v) is 7.25. The van der Waals surface area contributed by atoms with E-state index in [1.54, 1.807) is 48.9 Å². The zero-order chi connectivity index (χ0) is 24.8. The Morgan fingerprint density at radius 3 is 2.46 bits per heavy atom. The van der Waals surface area contributed by atoms with Crippen LogP contribution < -0.4 is 14.4 Å². The van der Waals surface area contributed by atoms with Gasteiger partial charge in [-0.1, -0.05) is 35.9 Å². The van der Waals surface area contributed by atoms with Gasteiger partial charge in [0, 0.05) is 30.7 Å². The molecule has 4 aromatic rings. The van der Waals surface area contributed by atoms with Gasteiger partial charge in [0.05, 0.1) is 24.0 Å². The highest BCUT2D eigenvalue weighted by Gasteiger charge is 2.27. The van der Waals surface area contributed by atoms with Gasteiger partial charge in [0.25, 0.3) is 10.0 Å². The Balaban J connectivity index is 1.52. The highest BCUT2D eigenvalue weighted by atomic mass is 32.2. The number of sulfonamides is 1. The topological polar surface area (TPSA) is 93.5 Å². The molecule has 0 saturated carbocycles. The van der Waals surface area contributed by atoms with Gasteiger partial charge < -0.3 is 14.6 Å². The first-order valence-electron chi connectivity index (χ1n) is 10.9. The van der Waals surface area contributed by atoms with Crippen LogP contribution in [0.2, 0.25) is 0 Å². The van der Waals surface area contributed by atoms with Crippen LogP contribution in [-0.4, -0.2) is 37.5 Å². The zero-order valence-corrected chi connectivity index (χ0v) is 20.3. The molecule has 0 aliphatic carbocycles. The molecule has 1 N–H and O–H groups in total. The molecule has 0 saturated heterocycles. The molecule has 0 bridgehead atoms. The molecule has 0 aliphatic rings. The monoisotopic (exact) mass is 490 g/mol. The SMILES string of the molecule is COc1cccc(N(CC(=O)NCc2ccc(-n3ccnc3)cc2)S(=O)(=O)c2ccc(C)cc2)c1. The molecule has 1 aromatic heterocycles. The Morgan fingerprint density at radius 2 is 1.80 bits per heavy atom. The fourth-order valence-corrected chi connectivity index (χ4v) is 4.92. The smallest absolute Gasteiger partial charge is 0.264 e. The van der Waals surface area contributed by atoms with Crippen molar-refractivity contribution in [3.05, 3.63) is 103 Å². The van der Waals surface area contributed by atoms with E-state index in [0.717, 1.165) is 21.1 Å². The third-order valence-electron chi connectivity index (χ3n) is 5.47. The molecule has 0 radical (unpaired) electrons. The van der Waals surface area contributed by atoms with Crippen molar-refractivity contribution in [3.63, 3.8) is 0 Å². The number of hydrogen-bond donors (Lipinski definition) is 1. The summed E-state index contributed by atoms with van der Waals surface area (Å²) >= 11 is 0. The van der Waals surface area contributed by atoms with Crippen LogP contribution >= 0.6 is 0 Å². The summed E-state index contributed by atoms with van der Waals surface area (Å²) in [6, 6.07) is 20.8. The summed E-state index contributed by atoms with van der Waals surface area (Å²) in [6.45, 7) is 1.77. The molecule has 0 aliphatic heterocycles. The summed E-state index contributed by atoms with van der Waals surface area (Å²) in [5, 5.41) is 2.82. The number of aromatic nitrogens is 2. The molecule has 0 spiro atoms. The van der Waals surface area contributed by atoms with Crippen molar-refractivity contribution in [2.24, 2.45) is 0 Å². The highest BCUT2D eigenvalue weighted by Crippen LogP contribution is 2.27. The average molecular weight is 491 g/mol. The number of aryl methyl sites for hydroxylation is 1. The number of benzene rings is 3. The summed E-state index contributed by atoms with van der Waals surface area (Å²) in [7, 11) is -2.49. The quantitative estimate of drug-likeness (QED) is 0.386. The van der Waals surface area contributed by atoms with E-state index in [-0.39, 0.29) is 18.0 Å². The lowest BCUT2D eigenvalue weighted by atomic mass is 10.2. The summed E-state index contributed by atoms with van der Waals surface area (Å²) < 4.78 is 35.2. The number of nitrogens with zero attached hydrogens (tertiary/aromatic N) is 3. The van der Waals surface area contributed by atoms with Crippen LogP contribution in [-0.2, 0) is 21.4 Å². The van der Waals surface area contributed by atoms with Gasteiger partial charge in [-0.05, 0) is 48.9 Å². The molecule has 4 rings (SSSR count). The first-order chi connectivity index (χ1) is 16.9. The maximum atomic E-state index is 13.5. The van der Waals surface area contributed by atoms with Crippen LogP contribution in [0.1, 0.15) is 11.1 Å². The summed E-state index contributed by atoms with van der Waals surface area (Å²) in [6.07, 6.45) is 5.25. The summed E-state index contributed by atoms with van der Waals surface area (Å²) in [5.41, 5.74) is 3.11. The first-order valence-corrected chi connectivity index (χ1v) is 12.4. The molecule has 1 heterocycles. The molecule has 0 fully saturated rings. The Hall–Kier alpha value is -4.11. The van der Waals surface area contributed by atoms with Crippen molar-refractivity contribution in [1.29, 1.82) is 0 Å².